The number of nitrogens with one attached hydrogen (secondary N) is 1. The van der Waals surface area contributed by atoms with Gasteiger partial charge in [-0.2, -0.15) is 5.10 Å². The predicted octanol–water partition coefficient (Wildman–Crippen LogP) is 2.44. The van der Waals surface area contributed by atoms with E-state index in [1.54, 1.807) is 13.4 Å². The number of carbonyl (C=O) groups excluding carboxylic acids is 1. The van der Waals surface area contributed by atoms with E-state index in [0.29, 0.717) is 12.1 Å². The van der Waals surface area contributed by atoms with Crippen molar-refractivity contribution in [3.8, 4) is 11.4 Å². The molecule has 3 heterocycles. The molecule has 4 aromatic rings. The van der Waals surface area contributed by atoms with Gasteiger partial charge in [-0.05, 0) is 44.4 Å². The zero-order chi connectivity index (χ0) is 25.8. The van der Waals surface area contributed by atoms with Gasteiger partial charge in [0.15, 0.2) is 5.65 Å². The molecular weight excluding hydrogens is 468 g/mol. The normalized spacial score (nSPS) is 13.8. The van der Waals surface area contributed by atoms with E-state index in [2.05, 4.69) is 30.2 Å². The first kappa shape index (κ1) is 24.5. The number of amides is 1. The number of anilines is 2. The Kier molecular flexibility index (Phi) is 7.18. The van der Waals surface area contributed by atoms with E-state index in [4.69, 9.17) is 4.74 Å². The number of fused-ring (bicyclic) bond motifs is 1. The molecule has 0 aliphatic carbocycles. The number of methoxy groups -OCH3 is 1. The minimum Gasteiger partial charge on any atom is -0.495 e. The topological polar surface area (TPSA) is 91.7 Å². The molecule has 1 aliphatic heterocycles. The smallest absolute Gasteiger partial charge is 0.251 e. The fraction of sp³-hybridized carbons (Fsp3) is 0.333. The van der Waals surface area contributed by atoms with Gasteiger partial charge in [0, 0.05) is 44.8 Å². The van der Waals surface area contributed by atoms with Crippen molar-refractivity contribution in [2.24, 2.45) is 0 Å². The van der Waals surface area contributed by atoms with Gasteiger partial charge in [-0.25, -0.2) is 14.6 Å². The van der Waals surface area contributed by atoms with Gasteiger partial charge in [-0.3, -0.25) is 4.79 Å². The number of hydrogen-bond acceptors (Lipinski definition) is 8. The maximum atomic E-state index is 12.7. The summed E-state index contributed by atoms with van der Waals surface area (Å²) in [6.45, 7) is 4.45. The van der Waals surface area contributed by atoms with Crippen molar-refractivity contribution in [3.05, 3.63) is 66.6 Å². The van der Waals surface area contributed by atoms with Crippen molar-refractivity contribution < 1.29 is 9.53 Å². The molecule has 2 aromatic carbocycles. The van der Waals surface area contributed by atoms with E-state index in [1.165, 1.54) is 0 Å². The Balaban J connectivity index is 1.32. The molecule has 1 amide bonds. The van der Waals surface area contributed by atoms with Crippen molar-refractivity contribution in [1.82, 2.24) is 30.0 Å². The highest BCUT2D eigenvalue weighted by Gasteiger charge is 2.24. The minimum absolute atomic E-state index is 0.0804. The molecule has 10 heteroatoms. The standard InChI is InChI=1S/C27H32N8O2/c1-32(2)12-11-28-27(36)20-9-10-24(37-3)23(17-20)33-13-15-34(16-14-33)25-22-18-31-35(26(22)30-19-29-25)21-7-5-4-6-8-21/h4-10,17-19H,11-16H2,1-3H3,(H,28,36). The molecule has 1 aliphatic rings. The van der Waals surface area contributed by atoms with Crippen LogP contribution in [0.1, 0.15) is 10.4 Å². The van der Waals surface area contributed by atoms with Crippen molar-refractivity contribution in [2.45, 2.75) is 0 Å². The second-order valence-corrected chi connectivity index (χ2v) is 9.25. The molecule has 1 fully saturated rings. The summed E-state index contributed by atoms with van der Waals surface area (Å²) in [5, 5.41) is 8.50. The monoisotopic (exact) mass is 500 g/mol. The van der Waals surface area contributed by atoms with Crippen molar-refractivity contribution in [2.75, 3.05) is 70.3 Å². The SMILES string of the molecule is COc1ccc(C(=O)NCCN(C)C)cc1N1CCN(c2ncnc3c2cnn3-c2ccccc2)CC1. The number of carbonyl (C=O) groups is 1. The van der Waals surface area contributed by atoms with Gasteiger partial charge in [0.25, 0.3) is 5.91 Å². The number of aromatic nitrogens is 4. The highest BCUT2D eigenvalue weighted by atomic mass is 16.5. The van der Waals surface area contributed by atoms with Crippen LogP contribution in [-0.2, 0) is 0 Å². The van der Waals surface area contributed by atoms with Crippen LogP contribution in [0.3, 0.4) is 0 Å². The van der Waals surface area contributed by atoms with Crippen molar-refractivity contribution >= 4 is 28.4 Å². The van der Waals surface area contributed by atoms with Gasteiger partial charge in [0.2, 0.25) is 0 Å². The molecule has 0 saturated carbocycles. The Hall–Kier alpha value is -4.18. The zero-order valence-corrected chi connectivity index (χ0v) is 21.5. The number of para-hydroxylation sites is 1. The molecule has 192 valence electrons. The van der Waals surface area contributed by atoms with Gasteiger partial charge >= 0.3 is 0 Å². The maximum absolute atomic E-state index is 12.7. The first-order valence-electron chi connectivity index (χ1n) is 12.4. The Morgan fingerprint density at radius 2 is 1.78 bits per heavy atom. The average Bonchev–Trinajstić information content (AvgIpc) is 3.37. The van der Waals surface area contributed by atoms with Gasteiger partial charge in [-0.15, -0.1) is 0 Å². The third-order valence-corrected chi connectivity index (χ3v) is 6.55. The summed E-state index contributed by atoms with van der Waals surface area (Å²) in [7, 11) is 5.63. The molecule has 2 aromatic heterocycles. The molecule has 0 unspecified atom stereocenters. The number of likely N-dealkylation sites (N-methyl/N-ethyl adjacent to an activating group) is 1. The van der Waals surface area contributed by atoms with E-state index < -0.39 is 0 Å². The molecule has 1 saturated heterocycles. The Bertz CT molecular complexity index is 1360. The lowest BCUT2D eigenvalue weighted by Gasteiger charge is -2.37. The van der Waals surface area contributed by atoms with Crippen LogP contribution in [0.15, 0.2) is 61.1 Å². The summed E-state index contributed by atoms with van der Waals surface area (Å²) in [6.07, 6.45) is 3.44. The minimum atomic E-state index is -0.0804. The molecule has 0 bridgehead atoms. The molecule has 37 heavy (non-hydrogen) atoms. The lowest BCUT2D eigenvalue weighted by molar-refractivity contribution is 0.0951. The van der Waals surface area contributed by atoms with Crippen molar-refractivity contribution in [3.63, 3.8) is 0 Å². The fourth-order valence-electron chi connectivity index (χ4n) is 4.57. The van der Waals surface area contributed by atoms with E-state index in [0.717, 1.165) is 66.7 Å². The molecule has 0 atom stereocenters. The number of nitrogens with zero attached hydrogens (tertiary/aromatic N) is 7. The van der Waals surface area contributed by atoms with Crippen LogP contribution in [0.2, 0.25) is 0 Å². The van der Waals surface area contributed by atoms with E-state index in [1.807, 2.05) is 78.4 Å². The lowest BCUT2D eigenvalue weighted by Crippen LogP contribution is -2.47. The van der Waals surface area contributed by atoms with Crippen LogP contribution in [0.5, 0.6) is 5.75 Å². The molecule has 10 nitrogen and oxygen atoms in total. The molecular formula is C27H32N8O2. The maximum Gasteiger partial charge on any atom is 0.251 e. The highest BCUT2D eigenvalue weighted by molar-refractivity contribution is 5.95. The Labute approximate surface area is 216 Å². The second kappa shape index (κ2) is 10.8. The number of benzene rings is 2. The van der Waals surface area contributed by atoms with Gasteiger partial charge in [0.05, 0.1) is 30.1 Å². The van der Waals surface area contributed by atoms with E-state index in [-0.39, 0.29) is 5.91 Å². The van der Waals surface area contributed by atoms with Crippen LogP contribution < -0.4 is 19.9 Å². The first-order valence-corrected chi connectivity index (χ1v) is 12.4. The average molecular weight is 501 g/mol. The fourth-order valence-corrected chi connectivity index (χ4v) is 4.57. The van der Waals surface area contributed by atoms with Gasteiger partial charge < -0.3 is 24.8 Å². The summed E-state index contributed by atoms with van der Waals surface area (Å²) in [6, 6.07) is 15.6. The predicted molar refractivity (Wildman–Crippen MR) is 145 cm³/mol. The molecule has 5 rings (SSSR count). The summed E-state index contributed by atoms with van der Waals surface area (Å²) in [4.78, 5) is 28.4. The lowest BCUT2D eigenvalue weighted by atomic mass is 10.1. The third kappa shape index (κ3) is 5.19. The van der Waals surface area contributed by atoms with Crippen LogP contribution in [0.4, 0.5) is 11.5 Å². The molecule has 0 radical (unpaired) electrons. The van der Waals surface area contributed by atoms with Crippen LogP contribution >= 0.6 is 0 Å². The second-order valence-electron chi connectivity index (χ2n) is 9.25. The number of rotatable bonds is 8. The number of hydrogen-bond donors (Lipinski definition) is 1. The van der Waals surface area contributed by atoms with Gasteiger partial charge in [-0.1, -0.05) is 18.2 Å². The van der Waals surface area contributed by atoms with E-state index in [9.17, 15) is 4.79 Å². The quantitative estimate of drug-likeness (QED) is 0.395. The zero-order valence-electron chi connectivity index (χ0n) is 21.5. The molecule has 0 spiro atoms. The highest BCUT2D eigenvalue weighted by Crippen LogP contribution is 2.32. The largest absolute Gasteiger partial charge is 0.495 e. The first-order chi connectivity index (χ1) is 18.0. The Morgan fingerprint density at radius 1 is 1.03 bits per heavy atom. The third-order valence-electron chi connectivity index (χ3n) is 6.55. The van der Waals surface area contributed by atoms with Gasteiger partial charge in [0.1, 0.15) is 17.9 Å². The van der Waals surface area contributed by atoms with E-state index >= 15 is 0 Å². The van der Waals surface area contributed by atoms with Crippen LogP contribution in [-0.4, -0.2) is 91.0 Å². The number of piperazine rings is 1. The summed E-state index contributed by atoms with van der Waals surface area (Å²) >= 11 is 0. The Morgan fingerprint density at radius 3 is 2.51 bits per heavy atom. The number of ether oxygens (including phenoxy) is 1. The van der Waals surface area contributed by atoms with Crippen LogP contribution in [0.25, 0.3) is 16.7 Å². The molecule has 1 N–H and O–H groups in total. The summed E-state index contributed by atoms with van der Waals surface area (Å²) in [5.74, 6) is 1.56. The van der Waals surface area contributed by atoms with Crippen molar-refractivity contribution in [1.29, 1.82) is 0 Å². The van der Waals surface area contributed by atoms with Crippen LogP contribution in [0, 0.1) is 0 Å². The summed E-state index contributed by atoms with van der Waals surface area (Å²) in [5.41, 5.74) is 3.30. The summed E-state index contributed by atoms with van der Waals surface area (Å²) < 4.78 is 7.48.